The van der Waals surface area contributed by atoms with E-state index in [0.29, 0.717) is 0 Å². The molecule has 1 aliphatic carbocycles. The monoisotopic (exact) mass is 251 g/mol. The van der Waals surface area contributed by atoms with E-state index in [1.807, 2.05) is 6.07 Å². The van der Waals surface area contributed by atoms with Crippen LogP contribution in [0.3, 0.4) is 0 Å². The van der Waals surface area contributed by atoms with Crippen molar-refractivity contribution in [3.63, 3.8) is 0 Å². The molecule has 0 atom stereocenters. The Labute approximate surface area is 93.3 Å². The quantitative estimate of drug-likeness (QED) is 0.867. The average Bonchev–Trinajstić information content (AvgIpc) is 2.96. The van der Waals surface area contributed by atoms with Crippen LogP contribution in [0.2, 0.25) is 0 Å². The Kier molecular flexibility index (Phi) is 3.38. The summed E-state index contributed by atoms with van der Waals surface area (Å²) in [5.41, 5.74) is 1.25. The first-order valence-corrected chi connectivity index (χ1v) is 5.79. The molecule has 0 bridgehead atoms. The number of rotatable bonds is 4. The minimum atomic E-state index is 0.794. The van der Waals surface area contributed by atoms with Gasteiger partial charge in [0.15, 0.2) is 0 Å². The summed E-state index contributed by atoms with van der Waals surface area (Å²) in [4.78, 5) is 0. The fourth-order valence-corrected chi connectivity index (χ4v) is 1.74. The molecule has 0 unspecified atom stereocenters. The average molecular weight is 252 g/mol. The van der Waals surface area contributed by atoms with Crippen LogP contribution in [0.15, 0.2) is 34.8 Å². The van der Waals surface area contributed by atoms with Crippen LogP contribution in [0, 0.1) is 0 Å². The maximum Gasteiger partial charge on any atom is 0.0181 e. The summed E-state index contributed by atoms with van der Waals surface area (Å²) in [6.45, 7) is 0.983. The molecule has 0 heterocycles. The molecule has 1 aliphatic rings. The molecule has 0 aromatic heterocycles. The smallest absolute Gasteiger partial charge is 0.0181 e. The molecular formula is C12H14BrN. The molecule has 0 spiro atoms. The van der Waals surface area contributed by atoms with Crippen LogP contribution >= 0.6 is 15.9 Å². The molecule has 1 nitrogen and oxygen atoms in total. The first-order valence-electron chi connectivity index (χ1n) is 5.00. The summed E-state index contributed by atoms with van der Waals surface area (Å²) in [7, 11) is 0. The molecule has 1 saturated carbocycles. The van der Waals surface area contributed by atoms with Crippen molar-refractivity contribution in [2.75, 3.05) is 6.54 Å². The van der Waals surface area contributed by atoms with E-state index in [1.54, 1.807) is 0 Å². The minimum Gasteiger partial charge on any atom is -0.311 e. The normalized spacial score (nSPS) is 16.4. The van der Waals surface area contributed by atoms with E-state index in [0.717, 1.165) is 17.1 Å². The molecule has 0 amide bonds. The van der Waals surface area contributed by atoms with Crippen molar-refractivity contribution in [3.05, 3.63) is 40.4 Å². The standard InChI is InChI=1S/C12H14BrN/c13-11-5-1-3-10(9-11)4-2-8-14-12-6-7-12/h1-5,9,12,14H,6-8H2. The zero-order valence-electron chi connectivity index (χ0n) is 8.04. The molecule has 1 fully saturated rings. The van der Waals surface area contributed by atoms with Gasteiger partial charge in [0.25, 0.3) is 0 Å². The van der Waals surface area contributed by atoms with Crippen LogP contribution in [0.5, 0.6) is 0 Å². The van der Waals surface area contributed by atoms with Gasteiger partial charge in [-0.2, -0.15) is 0 Å². The fourth-order valence-electron chi connectivity index (χ4n) is 1.33. The van der Waals surface area contributed by atoms with E-state index in [4.69, 9.17) is 0 Å². The summed E-state index contributed by atoms with van der Waals surface area (Å²) in [6, 6.07) is 9.12. The van der Waals surface area contributed by atoms with Gasteiger partial charge >= 0.3 is 0 Å². The molecular weight excluding hydrogens is 238 g/mol. The second-order valence-electron chi connectivity index (χ2n) is 3.64. The number of halogens is 1. The Morgan fingerprint density at radius 2 is 2.29 bits per heavy atom. The van der Waals surface area contributed by atoms with Gasteiger partial charge in [-0.15, -0.1) is 0 Å². The SMILES string of the molecule is Brc1cccc(C=CCNC2CC2)c1. The zero-order chi connectivity index (χ0) is 9.80. The number of hydrogen-bond acceptors (Lipinski definition) is 1. The van der Waals surface area contributed by atoms with E-state index in [1.165, 1.54) is 18.4 Å². The third kappa shape index (κ3) is 3.28. The van der Waals surface area contributed by atoms with E-state index >= 15 is 0 Å². The zero-order valence-corrected chi connectivity index (χ0v) is 9.63. The Morgan fingerprint density at radius 1 is 1.43 bits per heavy atom. The second kappa shape index (κ2) is 4.76. The number of nitrogens with one attached hydrogen (secondary N) is 1. The van der Waals surface area contributed by atoms with Crippen molar-refractivity contribution in [2.24, 2.45) is 0 Å². The summed E-state index contributed by atoms with van der Waals surface area (Å²) in [5.74, 6) is 0. The lowest BCUT2D eigenvalue weighted by Gasteiger charge is -1.96. The highest BCUT2D eigenvalue weighted by atomic mass is 79.9. The first kappa shape index (κ1) is 9.94. The summed E-state index contributed by atoms with van der Waals surface area (Å²) in [6.07, 6.45) is 7.04. The van der Waals surface area contributed by atoms with Crippen molar-refractivity contribution in [1.82, 2.24) is 5.32 Å². The van der Waals surface area contributed by atoms with Crippen LogP contribution in [0.25, 0.3) is 6.08 Å². The van der Waals surface area contributed by atoms with E-state index in [9.17, 15) is 0 Å². The van der Waals surface area contributed by atoms with Gasteiger partial charge in [0.05, 0.1) is 0 Å². The summed E-state index contributed by atoms with van der Waals surface area (Å²) in [5, 5.41) is 3.44. The van der Waals surface area contributed by atoms with Gasteiger partial charge in [-0.05, 0) is 30.5 Å². The van der Waals surface area contributed by atoms with Crippen LogP contribution in [0.4, 0.5) is 0 Å². The Hall–Kier alpha value is -0.600. The third-order valence-corrected chi connectivity index (χ3v) is 2.75. The van der Waals surface area contributed by atoms with Crippen molar-refractivity contribution >= 4 is 22.0 Å². The van der Waals surface area contributed by atoms with E-state index in [2.05, 4.69) is 51.6 Å². The van der Waals surface area contributed by atoms with Gasteiger partial charge < -0.3 is 5.32 Å². The number of hydrogen-bond donors (Lipinski definition) is 1. The Balaban J connectivity index is 1.82. The van der Waals surface area contributed by atoms with Crippen LogP contribution in [-0.2, 0) is 0 Å². The van der Waals surface area contributed by atoms with Crippen molar-refractivity contribution < 1.29 is 0 Å². The van der Waals surface area contributed by atoms with Crippen LogP contribution in [-0.4, -0.2) is 12.6 Å². The molecule has 1 N–H and O–H groups in total. The number of benzene rings is 1. The Bertz CT molecular complexity index is 329. The molecule has 14 heavy (non-hydrogen) atoms. The Morgan fingerprint density at radius 3 is 3.00 bits per heavy atom. The molecule has 2 heteroatoms. The maximum absolute atomic E-state index is 3.45. The van der Waals surface area contributed by atoms with Crippen LogP contribution < -0.4 is 5.32 Å². The summed E-state index contributed by atoms with van der Waals surface area (Å²) >= 11 is 3.45. The first-order chi connectivity index (χ1) is 6.84. The van der Waals surface area contributed by atoms with Gasteiger partial charge in [0.1, 0.15) is 0 Å². The topological polar surface area (TPSA) is 12.0 Å². The van der Waals surface area contributed by atoms with Gasteiger partial charge in [-0.3, -0.25) is 0 Å². The van der Waals surface area contributed by atoms with E-state index < -0.39 is 0 Å². The van der Waals surface area contributed by atoms with Crippen LogP contribution in [0.1, 0.15) is 18.4 Å². The molecule has 1 aromatic carbocycles. The predicted octanol–water partition coefficient (Wildman–Crippen LogP) is 3.21. The van der Waals surface area contributed by atoms with Crippen molar-refractivity contribution in [2.45, 2.75) is 18.9 Å². The lowest BCUT2D eigenvalue weighted by Crippen LogP contribution is -2.15. The molecule has 0 aliphatic heterocycles. The third-order valence-electron chi connectivity index (χ3n) is 2.26. The van der Waals surface area contributed by atoms with Crippen molar-refractivity contribution in [1.29, 1.82) is 0 Å². The van der Waals surface area contributed by atoms with Gasteiger partial charge in [0.2, 0.25) is 0 Å². The highest BCUT2D eigenvalue weighted by Gasteiger charge is 2.18. The second-order valence-corrected chi connectivity index (χ2v) is 4.56. The molecule has 0 radical (unpaired) electrons. The van der Waals surface area contributed by atoms with Gasteiger partial charge in [-0.1, -0.05) is 40.2 Å². The minimum absolute atomic E-state index is 0.794. The molecule has 0 saturated heterocycles. The largest absolute Gasteiger partial charge is 0.311 e. The molecule has 2 rings (SSSR count). The van der Waals surface area contributed by atoms with E-state index in [-0.39, 0.29) is 0 Å². The van der Waals surface area contributed by atoms with Crippen molar-refractivity contribution in [3.8, 4) is 0 Å². The maximum atomic E-state index is 3.45. The van der Waals surface area contributed by atoms with Gasteiger partial charge in [0, 0.05) is 17.1 Å². The summed E-state index contributed by atoms with van der Waals surface area (Å²) < 4.78 is 1.13. The lowest BCUT2D eigenvalue weighted by molar-refractivity contribution is 0.754. The van der Waals surface area contributed by atoms with Gasteiger partial charge in [-0.25, -0.2) is 0 Å². The molecule has 1 aromatic rings. The fraction of sp³-hybridized carbons (Fsp3) is 0.333. The highest BCUT2D eigenvalue weighted by molar-refractivity contribution is 9.10. The lowest BCUT2D eigenvalue weighted by atomic mass is 10.2. The highest BCUT2D eigenvalue weighted by Crippen LogP contribution is 2.18. The predicted molar refractivity (Wildman–Crippen MR) is 64.2 cm³/mol. The molecule has 74 valence electrons.